The number of guanidine groups is 1. The Labute approximate surface area is 196 Å². The quantitative estimate of drug-likeness (QED) is 0.337. The van der Waals surface area contributed by atoms with Gasteiger partial charge < -0.3 is 15.0 Å². The largest absolute Gasteiger partial charge is 0.379 e. The van der Waals surface area contributed by atoms with Crippen LogP contribution in [0.15, 0.2) is 4.99 Å². The molecule has 4 aliphatic rings. The molecule has 3 saturated heterocycles. The van der Waals surface area contributed by atoms with Gasteiger partial charge in [0, 0.05) is 61.6 Å². The second-order valence-electron chi connectivity index (χ2n) is 8.54. The summed E-state index contributed by atoms with van der Waals surface area (Å²) in [6.45, 7) is 7.24. The van der Waals surface area contributed by atoms with Crippen molar-refractivity contribution in [3.63, 3.8) is 0 Å². The maximum Gasteiger partial charge on any atom is 0.193 e. The Kier molecular flexibility index (Phi) is 8.96. The van der Waals surface area contributed by atoms with Crippen molar-refractivity contribution in [1.29, 1.82) is 0 Å². The molecule has 3 aliphatic heterocycles. The van der Waals surface area contributed by atoms with Crippen LogP contribution >= 0.6 is 47.5 Å². The summed E-state index contributed by atoms with van der Waals surface area (Å²) in [6, 6.07) is 0. The minimum absolute atomic E-state index is 0. The Morgan fingerprint density at radius 2 is 1.86 bits per heavy atom. The summed E-state index contributed by atoms with van der Waals surface area (Å²) in [5.74, 6) is 4.88. The third-order valence-corrected chi connectivity index (χ3v) is 9.64. The van der Waals surface area contributed by atoms with Crippen molar-refractivity contribution in [2.24, 2.45) is 4.99 Å². The van der Waals surface area contributed by atoms with Crippen LogP contribution in [0.5, 0.6) is 0 Å². The number of halogens is 1. The molecule has 1 saturated carbocycles. The molecule has 5 nitrogen and oxygen atoms in total. The third-order valence-electron chi connectivity index (χ3n) is 6.86. The van der Waals surface area contributed by atoms with Crippen LogP contribution < -0.4 is 5.32 Å². The van der Waals surface area contributed by atoms with Crippen LogP contribution in [-0.4, -0.2) is 96.3 Å². The number of ether oxygens (including phenoxy) is 1. The molecule has 0 aromatic carbocycles. The average Bonchev–Trinajstić information content (AvgIpc) is 3.20. The highest BCUT2D eigenvalue weighted by molar-refractivity contribution is 14.0. The Bertz CT molecular complexity index is 513. The van der Waals surface area contributed by atoms with Gasteiger partial charge in [0.05, 0.1) is 13.2 Å². The van der Waals surface area contributed by atoms with Crippen LogP contribution in [0.4, 0.5) is 0 Å². The zero-order valence-corrected chi connectivity index (χ0v) is 21.3. The molecule has 1 N–H and O–H groups in total. The van der Waals surface area contributed by atoms with Gasteiger partial charge in [-0.25, -0.2) is 0 Å². The van der Waals surface area contributed by atoms with Crippen molar-refractivity contribution in [3.8, 4) is 0 Å². The number of morpholine rings is 1. The smallest absolute Gasteiger partial charge is 0.193 e. The molecule has 0 bridgehead atoms. The monoisotopic (exact) mass is 540 g/mol. The van der Waals surface area contributed by atoms with E-state index in [4.69, 9.17) is 9.73 Å². The van der Waals surface area contributed by atoms with Crippen molar-refractivity contribution in [3.05, 3.63) is 0 Å². The molecular weight excluding hydrogens is 503 g/mol. The second kappa shape index (κ2) is 10.8. The maximum absolute atomic E-state index is 5.61. The van der Waals surface area contributed by atoms with Gasteiger partial charge in [-0.05, 0) is 25.0 Å². The molecule has 1 spiro atoms. The van der Waals surface area contributed by atoms with Crippen LogP contribution in [0.2, 0.25) is 0 Å². The van der Waals surface area contributed by atoms with Crippen molar-refractivity contribution < 1.29 is 4.74 Å². The number of thioether (sulfide) groups is 2. The molecule has 0 aromatic heterocycles. The van der Waals surface area contributed by atoms with Gasteiger partial charge in [0.25, 0.3) is 0 Å². The van der Waals surface area contributed by atoms with E-state index in [1.807, 2.05) is 7.05 Å². The summed E-state index contributed by atoms with van der Waals surface area (Å²) in [5, 5.41) is 3.81. The first kappa shape index (κ1) is 23.3. The van der Waals surface area contributed by atoms with Gasteiger partial charge in [0.1, 0.15) is 0 Å². The van der Waals surface area contributed by atoms with Crippen molar-refractivity contribution in [1.82, 2.24) is 15.1 Å². The Balaban J connectivity index is 0.00000225. The first-order valence-electron chi connectivity index (χ1n) is 10.8. The average molecular weight is 541 g/mol. The predicted molar refractivity (Wildman–Crippen MR) is 134 cm³/mol. The Morgan fingerprint density at radius 3 is 2.54 bits per heavy atom. The van der Waals surface area contributed by atoms with E-state index in [1.54, 1.807) is 0 Å². The lowest BCUT2D eigenvalue weighted by Crippen LogP contribution is -2.61. The molecule has 1 atom stereocenters. The zero-order valence-electron chi connectivity index (χ0n) is 17.3. The molecule has 3 heterocycles. The highest BCUT2D eigenvalue weighted by Gasteiger charge is 2.42. The van der Waals surface area contributed by atoms with Crippen LogP contribution in [0.25, 0.3) is 0 Å². The summed E-state index contributed by atoms with van der Waals surface area (Å²) in [7, 11) is 1.96. The van der Waals surface area contributed by atoms with Gasteiger partial charge in [-0.3, -0.25) is 9.89 Å². The van der Waals surface area contributed by atoms with Crippen LogP contribution in [-0.2, 0) is 4.74 Å². The first-order valence-corrected chi connectivity index (χ1v) is 12.9. The topological polar surface area (TPSA) is 40.1 Å². The lowest BCUT2D eigenvalue weighted by Gasteiger charge is -2.47. The fraction of sp³-hybridized carbons (Fsp3) is 0.950. The minimum Gasteiger partial charge on any atom is -0.379 e. The second-order valence-corrected chi connectivity index (χ2v) is 11.2. The molecule has 0 aromatic rings. The van der Waals surface area contributed by atoms with E-state index in [0.29, 0.717) is 4.75 Å². The number of rotatable bonds is 3. The molecule has 4 fully saturated rings. The van der Waals surface area contributed by atoms with Gasteiger partial charge in [-0.15, -0.1) is 24.0 Å². The van der Waals surface area contributed by atoms with Crippen molar-refractivity contribution in [2.45, 2.75) is 48.8 Å². The number of hydrogen-bond acceptors (Lipinski definition) is 5. The van der Waals surface area contributed by atoms with Crippen molar-refractivity contribution in [2.75, 3.05) is 70.2 Å². The standard InChI is InChI=1S/C20H36N4OS2.HI/c1-21-18(23-10-14-27-20(16-23)5-3-2-4-6-20)22-15-19(7-13-26-17-19)24-8-11-25-12-9-24;/h2-17H2,1H3,(H,21,22);1H. The van der Waals surface area contributed by atoms with E-state index in [9.17, 15) is 0 Å². The molecule has 4 rings (SSSR count). The molecule has 0 radical (unpaired) electrons. The summed E-state index contributed by atoms with van der Waals surface area (Å²) >= 11 is 4.34. The number of nitrogens with one attached hydrogen (secondary N) is 1. The maximum atomic E-state index is 5.61. The van der Waals surface area contributed by atoms with E-state index < -0.39 is 0 Å². The Hall–Kier alpha value is 0.620. The molecule has 0 amide bonds. The van der Waals surface area contributed by atoms with E-state index in [0.717, 1.165) is 45.4 Å². The van der Waals surface area contributed by atoms with E-state index >= 15 is 0 Å². The summed E-state index contributed by atoms with van der Waals surface area (Å²) < 4.78 is 6.09. The lowest BCUT2D eigenvalue weighted by molar-refractivity contribution is -0.0121. The molecule has 1 unspecified atom stereocenters. The molecule has 28 heavy (non-hydrogen) atoms. The highest BCUT2D eigenvalue weighted by Crippen LogP contribution is 2.42. The van der Waals surface area contributed by atoms with Gasteiger partial charge in [0.2, 0.25) is 0 Å². The normalized spacial score (nSPS) is 31.6. The fourth-order valence-electron chi connectivity index (χ4n) is 5.23. The highest BCUT2D eigenvalue weighted by atomic mass is 127. The van der Waals surface area contributed by atoms with Gasteiger partial charge in [0.15, 0.2) is 5.96 Å². The van der Waals surface area contributed by atoms with Gasteiger partial charge >= 0.3 is 0 Å². The molecule has 8 heteroatoms. The summed E-state index contributed by atoms with van der Waals surface area (Å²) in [4.78, 5) is 9.94. The molecule has 1 aliphatic carbocycles. The van der Waals surface area contributed by atoms with Gasteiger partial charge in [-0.1, -0.05) is 19.3 Å². The van der Waals surface area contributed by atoms with Gasteiger partial charge in [-0.2, -0.15) is 23.5 Å². The van der Waals surface area contributed by atoms with E-state index in [2.05, 4.69) is 38.6 Å². The Morgan fingerprint density at radius 1 is 1.07 bits per heavy atom. The number of nitrogens with zero attached hydrogens (tertiary/aromatic N) is 3. The molecular formula is C20H37IN4OS2. The van der Waals surface area contributed by atoms with E-state index in [1.165, 1.54) is 62.3 Å². The van der Waals surface area contributed by atoms with E-state index in [-0.39, 0.29) is 29.5 Å². The van der Waals surface area contributed by atoms with Crippen LogP contribution in [0.3, 0.4) is 0 Å². The summed E-state index contributed by atoms with van der Waals surface area (Å²) in [5.41, 5.74) is 0.275. The fourth-order valence-corrected chi connectivity index (χ4v) is 8.28. The first-order chi connectivity index (χ1) is 13.3. The lowest BCUT2D eigenvalue weighted by atomic mass is 9.87. The van der Waals surface area contributed by atoms with Crippen LogP contribution in [0.1, 0.15) is 38.5 Å². The zero-order chi connectivity index (χ0) is 18.6. The van der Waals surface area contributed by atoms with Crippen molar-refractivity contribution >= 4 is 53.5 Å². The SMILES string of the molecule is CN=C(NCC1(N2CCOCC2)CCSC1)N1CCSC2(CCCCC2)C1.I. The third kappa shape index (κ3) is 5.26. The predicted octanol–water partition coefficient (Wildman–Crippen LogP) is 3.14. The van der Waals surface area contributed by atoms with Crippen LogP contribution in [0, 0.1) is 0 Å². The number of hydrogen-bond donors (Lipinski definition) is 1. The minimum atomic E-state index is 0. The molecule has 162 valence electrons. The summed E-state index contributed by atoms with van der Waals surface area (Å²) in [6.07, 6.45) is 8.30. The number of aliphatic imine (C=N–C) groups is 1.